The number of anilines is 2. The maximum Gasteiger partial charge on any atom is 0.263 e. The SMILES string of the molecule is CNS(=O)(=O)c1cc(-c2cnc(N)c(Oc3cnn(C4CCN(C)CC4)c3)n2)cc(N2CCCC2)c1. The summed E-state index contributed by atoms with van der Waals surface area (Å²) in [4.78, 5) is 13.5. The summed E-state index contributed by atoms with van der Waals surface area (Å²) in [5.41, 5.74) is 8.00. The number of rotatable bonds is 7. The molecule has 0 radical (unpaired) electrons. The maximum absolute atomic E-state index is 12.6. The van der Waals surface area contributed by atoms with Crippen molar-refractivity contribution in [3.8, 4) is 22.9 Å². The van der Waals surface area contributed by atoms with E-state index in [9.17, 15) is 8.42 Å². The average molecular weight is 513 g/mol. The quantitative estimate of drug-likeness (QED) is 0.490. The van der Waals surface area contributed by atoms with Crippen molar-refractivity contribution in [2.24, 2.45) is 0 Å². The Hall–Kier alpha value is -3.22. The van der Waals surface area contributed by atoms with Gasteiger partial charge in [0, 0.05) is 24.3 Å². The highest BCUT2D eigenvalue weighted by molar-refractivity contribution is 7.89. The van der Waals surface area contributed by atoms with Gasteiger partial charge < -0.3 is 20.3 Å². The van der Waals surface area contributed by atoms with Gasteiger partial charge in [-0.2, -0.15) is 5.10 Å². The fraction of sp³-hybridized carbons (Fsp3) is 0.458. The van der Waals surface area contributed by atoms with E-state index in [0.717, 1.165) is 57.5 Å². The number of likely N-dealkylation sites (tertiary alicyclic amines) is 1. The number of hydrogen-bond donors (Lipinski definition) is 2. The minimum atomic E-state index is -3.65. The Balaban J connectivity index is 1.44. The minimum Gasteiger partial charge on any atom is -0.433 e. The van der Waals surface area contributed by atoms with Crippen LogP contribution in [0.25, 0.3) is 11.3 Å². The Bertz CT molecular complexity index is 1330. The molecule has 0 unspecified atom stereocenters. The number of aromatic nitrogens is 4. The van der Waals surface area contributed by atoms with Crippen LogP contribution in [0.15, 0.2) is 41.7 Å². The molecule has 0 spiro atoms. The van der Waals surface area contributed by atoms with Crippen molar-refractivity contribution in [1.29, 1.82) is 0 Å². The van der Waals surface area contributed by atoms with Crippen molar-refractivity contribution in [3.05, 3.63) is 36.8 Å². The second-order valence-corrected chi connectivity index (χ2v) is 11.2. The molecule has 5 rings (SSSR count). The molecular weight excluding hydrogens is 480 g/mol. The Kier molecular flexibility index (Phi) is 6.82. The average Bonchev–Trinajstić information content (AvgIpc) is 3.58. The third kappa shape index (κ3) is 5.15. The molecule has 2 aromatic heterocycles. The van der Waals surface area contributed by atoms with Crippen LogP contribution in [-0.4, -0.2) is 73.3 Å². The molecule has 2 saturated heterocycles. The first-order chi connectivity index (χ1) is 17.3. The minimum absolute atomic E-state index is 0.143. The lowest BCUT2D eigenvalue weighted by Gasteiger charge is -2.28. The van der Waals surface area contributed by atoms with Crippen molar-refractivity contribution in [2.75, 3.05) is 50.9 Å². The number of hydrogen-bond acceptors (Lipinski definition) is 9. The molecule has 0 bridgehead atoms. The Morgan fingerprint density at radius 3 is 2.56 bits per heavy atom. The van der Waals surface area contributed by atoms with Crippen molar-refractivity contribution in [3.63, 3.8) is 0 Å². The molecule has 0 atom stereocenters. The molecular formula is C24H32N8O3S. The standard InChI is InChI=1S/C24H32N8O3S/c1-26-36(33,34)21-12-17(11-19(13-21)31-7-3-4-8-31)22-15-27-23(25)24(29-22)35-20-14-28-32(16-20)18-5-9-30(2)10-6-18/h11-16,18,26H,3-10H2,1-2H3,(H2,25,27). The summed E-state index contributed by atoms with van der Waals surface area (Å²) in [6, 6.07) is 5.55. The Morgan fingerprint density at radius 1 is 1.08 bits per heavy atom. The first-order valence-corrected chi connectivity index (χ1v) is 13.7. The van der Waals surface area contributed by atoms with Crippen LogP contribution in [0.1, 0.15) is 31.7 Å². The highest BCUT2D eigenvalue weighted by atomic mass is 32.2. The number of piperidine rings is 1. The summed E-state index contributed by atoms with van der Waals surface area (Å²) in [6.07, 6.45) is 9.24. The lowest BCUT2D eigenvalue weighted by Crippen LogP contribution is -2.31. The number of nitrogens with two attached hydrogens (primary N) is 1. The predicted molar refractivity (Wildman–Crippen MR) is 138 cm³/mol. The summed E-state index contributed by atoms with van der Waals surface area (Å²) in [5.74, 6) is 0.820. The first kappa shape index (κ1) is 24.5. The molecule has 2 aliphatic heterocycles. The van der Waals surface area contributed by atoms with Gasteiger partial charge in [0.25, 0.3) is 5.88 Å². The normalized spacial score (nSPS) is 17.6. The molecule has 4 heterocycles. The molecule has 11 nitrogen and oxygen atoms in total. The second kappa shape index (κ2) is 10.0. The highest BCUT2D eigenvalue weighted by Gasteiger charge is 2.22. The molecule has 3 aromatic rings. The van der Waals surface area contributed by atoms with E-state index in [1.165, 1.54) is 13.2 Å². The third-order valence-electron chi connectivity index (χ3n) is 6.86. The fourth-order valence-electron chi connectivity index (χ4n) is 4.70. The zero-order chi connectivity index (χ0) is 25.3. The van der Waals surface area contributed by atoms with Crippen LogP contribution in [0.4, 0.5) is 11.5 Å². The van der Waals surface area contributed by atoms with Crippen molar-refractivity contribution in [2.45, 2.75) is 36.6 Å². The van der Waals surface area contributed by atoms with E-state index in [2.05, 4.69) is 36.6 Å². The summed E-state index contributed by atoms with van der Waals surface area (Å²) < 4.78 is 35.6. The number of benzene rings is 1. The fourth-order valence-corrected chi connectivity index (χ4v) is 5.50. The van der Waals surface area contributed by atoms with Crippen molar-refractivity contribution >= 4 is 21.5 Å². The molecule has 192 valence electrons. The van der Waals surface area contributed by atoms with E-state index in [-0.39, 0.29) is 16.6 Å². The van der Waals surface area contributed by atoms with Crippen LogP contribution in [0.3, 0.4) is 0 Å². The summed E-state index contributed by atoms with van der Waals surface area (Å²) in [5, 5.41) is 4.48. The van der Waals surface area contributed by atoms with Gasteiger partial charge in [0.1, 0.15) is 0 Å². The van der Waals surface area contributed by atoms with Crippen LogP contribution in [0, 0.1) is 0 Å². The first-order valence-electron chi connectivity index (χ1n) is 12.2. The molecule has 0 aliphatic carbocycles. The molecule has 2 fully saturated rings. The summed E-state index contributed by atoms with van der Waals surface area (Å²) >= 11 is 0. The molecule has 12 heteroatoms. The number of ether oxygens (including phenoxy) is 1. The van der Waals surface area contributed by atoms with E-state index < -0.39 is 10.0 Å². The van der Waals surface area contributed by atoms with Crippen LogP contribution in [-0.2, 0) is 10.0 Å². The lowest BCUT2D eigenvalue weighted by molar-refractivity contribution is 0.212. The Morgan fingerprint density at radius 2 is 1.83 bits per heavy atom. The van der Waals surface area contributed by atoms with Crippen LogP contribution < -0.4 is 20.1 Å². The van der Waals surface area contributed by atoms with E-state index in [4.69, 9.17) is 10.5 Å². The van der Waals surface area contributed by atoms with Gasteiger partial charge in [0.15, 0.2) is 11.6 Å². The van der Waals surface area contributed by atoms with Crippen molar-refractivity contribution in [1.82, 2.24) is 29.4 Å². The number of nitrogens with one attached hydrogen (secondary N) is 1. The molecule has 0 amide bonds. The number of nitrogen functional groups attached to an aromatic ring is 1. The van der Waals surface area contributed by atoms with Crippen LogP contribution in [0.5, 0.6) is 11.6 Å². The zero-order valence-electron chi connectivity index (χ0n) is 20.6. The summed E-state index contributed by atoms with van der Waals surface area (Å²) in [6.45, 7) is 3.82. The third-order valence-corrected chi connectivity index (χ3v) is 8.25. The molecule has 2 aliphatic rings. The molecule has 36 heavy (non-hydrogen) atoms. The van der Waals surface area contributed by atoms with Gasteiger partial charge in [0.05, 0.1) is 35.2 Å². The highest BCUT2D eigenvalue weighted by Crippen LogP contribution is 2.33. The van der Waals surface area contributed by atoms with Gasteiger partial charge in [-0.3, -0.25) is 4.68 Å². The van der Waals surface area contributed by atoms with E-state index >= 15 is 0 Å². The van der Waals surface area contributed by atoms with Gasteiger partial charge in [-0.05, 0) is 71.1 Å². The van der Waals surface area contributed by atoms with E-state index in [1.807, 2.05) is 16.9 Å². The molecule has 0 saturated carbocycles. The maximum atomic E-state index is 12.6. The monoisotopic (exact) mass is 512 g/mol. The largest absolute Gasteiger partial charge is 0.433 e. The zero-order valence-corrected chi connectivity index (χ0v) is 21.4. The topological polar surface area (TPSA) is 132 Å². The van der Waals surface area contributed by atoms with E-state index in [1.54, 1.807) is 18.3 Å². The van der Waals surface area contributed by atoms with Gasteiger partial charge in [0.2, 0.25) is 10.0 Å². The second-order valence-electron chi connectivity index (χ2n) is 9.36. The summed E-state index contributed by atoms with van der Waals surface area (Å²) in [7, 11) is -0.128. The number of sulfonamides is 1. The van der Waals surface area contributed by atoms with Gasteiger partial charge in [-0.15, -0.1) is 0 Å². The van der Waals surface area contributed by atoms with Crippen LogP contribution in [0.2, 0.25) is 0 Å². The Labute approximate surface area is 211 Å². The van der Waals surface area contributed by atoms with Crippen LogP contribution >= 0.6 is 0 Å². The van der Waals surface area contributed by atoms with E-state index in [0.29, 0.717) is 23.0 Å². The van der Waals surface area contributed by atoms with Crippen molar-refractivity contribution < 1.29 is 13.2 Å². The van der Waals surface area contributed by atoms with Gasteiger partial charge >= 0.3 is 0 Å². The lowest BCUT2D eigenvalue weighted by atomic mass is 10.1. The molecule has 1 aromatic carbocycles. The van der Waals surface area contributed by atoms with Gasteiger partial charge in [-0.25, -0.2) is 23.1 Å². The predicted octanol–water partition coefficient (Wildman–Crippen LogP) is 2.49. The number of nitrogens with zero attached hydrogens (tertiary/aromatic N) is 6. The smallest absolute Gasteiger partial charge is 0.263 e. The molecule has 3 N–H and O–H groups in total. The van der Waals surface area contributed by atoms with Gasteiger partial charge in [-0.1, -0.05) is 0 Å².